The van der Waals surface area contributed by atoms with Gasteiger partial charge in [0.1, 0.15) is 6.04 Å². The Morgan fingerprint density at radius 1 is 1.06 bits per heavy atom. The van der Waals surface area contributed by atoms with Gasteiger partial charge < -0.3 is 25.2 Å². The van der Waals surface area contributed by atoms with Crippen molar-refractivity contribution in [3.05, 3.63) is 59.1 Å². The van der Waals surface area contributed by atoms with E-state index in [-0.39, 0.29) is 24.0 Å². The molecule has 2 aromatic rings. The molecule has 0 aromatic heterocycles. The van der Waals surface area contributed by atoms with Gasteiger partial charge >= 0.3 is 6.03 Å². The Hall–Kier alpha value is -3.10. The van der Waals surface area contributed by atoms with Crippen molar-refractivity contribution in [1.29, 1.82) is 0 Å². The second kappa shape index (κ2) is 11.4. The number of likely N-dealkylation sites (tertiary alicyclic amines) is 1. The van der Waals surface area contributed by atoms with Crippen LogP contribution >= 0.6 is 11.6 Å². The SMILES string of the molecule is CCN(C(=O)c1ccc(NC(=O)[C@H]2C[C@@H](OC)CN2C(=O)Nc2ccc(Cl)cc2)cc1)C(C)C. The molecule has 0 radical (unpaired) electrons. The number of hydrogen-bond donors (Lipinski definition) is 2. The number of amides is 4. The maximum atomic E-state index is 13.1. The van der Waals surface area contributed by atoms with Gasteiger partial charge in [-0.15, -0.1) is 0 Å². The molecule has 0 aliphatic carbocycles. The van der Waals surface area contributed by atoms with E-state index in [0.29, 0.717) is 41.5 Å². The predicted molar refractivity (Wildman–Crippen MR) is 133 cm³/mol. The average Bonchev–Trinajstić information content (AvgIpc) is 3.26. The highest BCUT2D eigenvalue weighted by Crippen LogP contribution is 2.24. The van der Waals surface area contributed by atoms with Crippen LogP contribution in [0.1, 0.15) is 37.6 Å². The van der Waals surface area contributed by atoms with Crippen LogP contribution < -0.4 is 10.6 Å². The summed E-state index contributed by atoms with van der Waals surface area (Å²) in [6.07, 6.45) is 0.134. The first-order valence-corrected chi connectivity index (χ1v) is 11.7. The third-order valence-electron chi connectivity index (χ3n) is 5.88. The van der Waals surface area contributed by atoms with E-state index in [1.165, 1.54) is 4.90 Å². The summed E-state index contributed by atoms with van der Waals surface area (Å²) in [5, 5.41) is 6.22. The van der Waals surface area contributed by atoms with E-state index in [1.54, 1.807) is 60.5 Å². The lowest BCUT2D eigenvalue weighted by atomic mass is 10.1. The highest BCUT2D eigenvalue weighted by Gasteiger charge is 2.40. The zero-order valence-corrected chi connectivity index (χ0v) is 20.6. The summed E-state index contributed by atoms with van der Waals surface area (Å²) >= 11 is 5.90. The van der Waals surface area contributed by atoms with Crippen molar-refractivity contribution in [1.82, 2.24) is 9.80 Å². The number of urea groups is 1. The van der Waals surface area contributed by atoms with Crippen LogP contribution in [0.4, 0.5) is 16.2 Å². The fourth-order valence-electron chi connectivity index (χ4n) is 4.00. The van der Waals surface area contributed by atoms with Gasteiger partial charge in [0.25, 0.3) is 5.91 Å². The summed E-state index contributed by atoms with van der Waals surface area (Å²) in [4.78, 5) is 41.9. The zero-order chi connectivity index (χ0) is 24.8. The quantitative estimate of drug-likeness (QED) is 0.604. The number of carbonyl (C=O) groups is 3. The predicted octanol–water partition coefficient (Wildman–Crippen LogP) is 4.47. The van der Waals surface area contributed by atoms with Crippen LogP contribution in [0.3, 0.4) is 0 Å². The van der Waals surface area contributed by atoms with Gasteiger partial charge in [0, 0.05) is 54.6 Å². The van der Waals surface area contributed by atoms with Crippen LogP contribution in [0.2, 0.25) is 5.02 Å². The second-order valence-corrected chi connectivity index (χ2v) is 8.89. The van der Waals surface area contributed by atoms with E-state index in [1.807, 2.05) is 20.8 Å². The van der Waals surface area contributed by atoms with Crippen LogP contribution in [0.5, 0.6) is 0 Å². The lowest BCUT2D eigenvalue weighted by Crippen LogP contribution is -2.45. The van der Waals surface area contributed by atoms with Crippen LogP contribution in [0.15, 0.2) is 48.5 Å². The molecule has 182 valence electrons. The maximum Gasteiger partial charge on any atom is 0.322 e. The number of nitrogens with one attached hydrogen (secondary N) is 2. The van der Waals surface area contributed by atoms with E-state index in [4.69, 9.17) is 16.3 Å². The summed E-state index contributed by atoms with van der Waals surface area (Å²) in [7, 11) is 1.56. The zero-order valence-electron chi connectivity index (χ0n) is 19.9. The van der Waals surface area contributed by atoms with Crippen molar-refractivity contribution in [2.45, 2.75) is 45.4 Å². The molecule has 2 N–H and O–H groups in total. The number of nitrogens with zero attached hydrogens (tertiary/aromatic N) is 2. The van der Waals surface area contributed by atoms with E-state index in [0.717, 1.165) is 0 Å². The van der Waals surface area contributed by atoms with E-state index < -0.39 is 12.1 Å². The third-order valence-corrected chi connectivity index (χ3v) is 6.13. The van der Waals surface area contributed by atoms with E-state index in [9.17, 15) is 14.4 Å². The molecule has 1 fully saturated rings. The largest absolute Gasteiger partial charge is 0.380 e. The summed E-state index contributed by atoms with van der Waals surface area (Å²) in [5.74, 6) is -0.374. The smallest absolute Gasteiger partial charge is 0.322 e. The molecule has 34 heavy (non-hydrogen) atoms. The van der Waals surface area contributed by atoms with Crippen molar-refractivity contribution in [2.24, 2.45) is 0 Å². The standard InChI is InChI=1S/C25H31ClN4O4/c1-5-29(16(2)3)24(32)17-6-10-19(11-7-17)27-23(31)22-14-21(34-4)15-30(22)25(33)28-20-12-8-18(26)9-13-20/h6-13,16,21-22H,5,14-15H2,1-4H3,(H,27,31)(H,28,33)/t21-,22-/m1/s1. The summed E-state index contributed by atoms with van der Waals surface area (Å²) in [6, 6.07) is 12.5. The normalized spacial score (nSPS) is 17.5. The molecule has 2 atom stereocenters. The van der Waals surface area contributed by atoms with Gasteiger partial charge in [-0.05, 0) is 69.3 Å². The van der Waals surface area contributed by atoms with E-state index >= 15 is 0 Å². The van der Waals surface area contributed by atoms with Crippen molar-refractivity contribution in [3.63, 3.8) is 0 Å². The highest BCUT2D eigenvalue weighted by molar-refractivity contribution is 6.30. The minimum Gasteiger partial charge on any atom is -0.380 e. The molecule has 0 spiro atoms. The Bertz CT molecular complexity index is 1010. The summed E-state index contributed by atoms with van der Waals surface area (Å²) in [5.41, 5.74) is 1.68. The fraction of sp³-hybridized carbons (Fsp3) is 0.400. The van der Waals surface area contributed by atoms with E-state index in [2.05, 4.69) is 10.6 Å². The Morgan fingerprint density at radius 2 is 1.65 bits per heavy atom. The minimum absolute atomic E-state index is 0.0563. The monoisotopic (exact) mass is 486 g/mol. The first kappa shape index (κ1) is 25.5. The molecule has 1 aliphatic heterocycles. The average molecular weight is 487 g/mol. The molecule has 1 saturated heterocycles. The number of hydrogen-bond acceptors (Lipinski definition) is 4. The number of halogens is 1. The number of carbonyl (C=O) groups excluding carboxylic acids is 3. The molecule has 9 heteroatoms. The van der Waals surface area contributed by atoms with Crippen molar-refractivity contribution in [3.8, 4) is 0 Å². The Balaban J connectivity index is 1.68. The molecule has 2 aromatic carbocycles. The van der Waals surface area contributed by atoms with Gasteiger partial charge in [-0.1, -0.05) is 11.6 Å². The number of anilines is 2. The minimum atomic E-state index is -0.699. The second-order valence-electron chi connectivity index (χ2n) is 8.45. The van der Waals surface area contributed by atoms with Gasteiger partial charge in [-0.3, -0.25) is 9.59 Å². The first-order valence-electron chi connectivity index (χ1n) is 11.3. The summed E-state index contributed by atoms with van der Waals surface area (Å²) in [6.45, 7) is 6.80. The maximum absolute atomic E-state index is 13.1. The Kier molecular flexibility index (Phi) is 8.52. The molecule has 3 rings (SSSR count). The molecule has 0 saturated carbocycles. The van der Waals surface area contributed by atoms with Crippen LogP contribution in [0, 0.1) is 0 Å². The molecule has 1 aliphatic rings. The molecule has 0 bridgehead atoms. The summed E-state index contributed by atoms with van der Waals surface area (Å²) < 4.78 is 5.42. The van der Waals surface area contributed by atoms with Crippen molar-refractivity contribution < 1.29 is 19.1 Å². The van der Waals surface area contributed by atoms with Crippen molar-refractivity contribution >= 4 is 40.8 Å². The fourth-order valence-corrected chi connectivity index (χ4v) is 4.13. The lowest BCUT2D eigenvalue weighted by Gasteiger charge is -2.25. The van der Waals surface area contributed by atoms with Gasteiger partial charge in [0.15, 0.2) is 0 Å². The topological polar surface area (TPSA) is 91.0 Å². The third kappa shape index (κ3) is 6.07. The molecular weight excluding hydrogens is 456 g/mol. The van der Waals surface area contributed by atoms with Gasteiger partial charge in [-0.25, -0.2) is 4.79 Å². The Morgan fingerprint density at radius 3 is 2.21 bits per heavy atom. The van der Waals surface area contributed by atoms with Gasteiger partial charge in [0.05, 0.1) is 6.10 Å². The van der Waals surface area contributed by atoms with Gasteiger partial charge in [-0.2, -0.15) is 0 Å². The highest BCUT2D eigenvalue weighted by atomic mass is 35.5. The first-order chi connectivity index (χ1) is 16.2. The number of methoxy groups -OCH3 is 1. The molecular formula is C25H31ClN4O4. The molecule has 1 heterocycles. The number of rotatable bonds is 7. The van der Waals surface area contributed by atoms with Crippen molar-refractivity contribution in [2.75, 3.05) is 30.8 Å². The number of ether oxygens (including phenoxy) is 1. The number of benzene rings is 2. The molecule has 8 nitrogen and oxygen atoms in total. The van der Waals surface area contributed by atoms with Gasteiger partial charge in [0.2, 0.25) is 5.91 Å². The molecule has 0 unspecified atom stereocenters. The Labute approximate surface area is 205 Å². The van der Waals surface area contributed by atoms with Crippen LogP contribution in [-0.4, -0.2) is 66.0 Å². The molecule has 4 amide bonds. The lowest BCUT2D eigenvalue weighted by molar-refractivity contribution is -0.119. The van der Waals surface area contributed by atoms with Crippen LogP contribution in [-0.2, 0) is 9.53 Å². The van der Waals surface area contributed by atoms with Crippen LogP contribution in [0.25, 0.3) is 0 Å².